The van der Waals surface area contributed by atoms with Crippen molar-refractivity contribution in [2.24, 2.45) is 0 Å². The molecule has 31 heavy (non-hydrogen) atoms. The van der Waals surface area contributed by atoms with E-state index in [4.69, 9.17) is 9.72 Å². The van der Waals surface area contributed by atoms with Gasteiger partial charge in [-0.1, -0.05) is 31.5 Å². The van der Waals surface area contributed by atoms with Crippen LogP contribution in [0.3, 0.4) is 0 Å². The lowest BCUT2D eigenvalue weighted by Crippen LogP contribution is -2.04. The lowest BCUT2D eigenvalue weighted by Gasteiger charge is -2.10. The number of hydrogen-bond acceptors (Lipinski definition) is 4. The van der Waals surface area contributed by atoms with E-state index >= 15 is 0 Å². The van der Waals surface area contributed by atoms with E-state index in [2.05, 4.69) is 48.8 Å². The molecule has 0 aliphatic heterocycles. The van der Waals surface area contributed by atoms with Gasteiger partial charge in [-0.05, 0) is 58.7 Å². The number of imidazole rings is 1. The van der Waals surface area contributed by atoms with Gasteiger partial charge in [0, 0.05) is 18.8 Å². The molecule has 156 valence electrons. The molecule has 2 aromatic carbocycles. The molecular weight excluding hydrogens is 454 g/mol. The van der Waals surface area contributed by atoms with Gasteiger partial charge in [-0.3, -0.25) is 0 Å². The van der Waals surface area contributed by atoms with E-state index in [1.807, 2.05) is 60.8 Å². The van der Waals surface area contributed by atoms with Crippen LogP contribution >= 0.6 is 15.9 Å². The van der Waals surface area contributed by atoms with Crippen LogP contribution in [0.5, 0.6) is 11.5 Å². The van der Waals surface area contributed by atoms with Crippen molar-refractivity contribution in [3.63, 3.8) is 0 Å². The van der Waals surface area contributed by atoms with Crippen LogP contribution in [0.25, 0.3) is 22.1 Å². The molecule has 7 heteroatoms. The van der Waals surface area contributed by atoms with Crippen LogP contribution in [0.2, 0.25) is 0 Å². The third-order valence-corrected chi connectivity index (χ3v) is 5.61. The minimum Gasteiger partial charge on any atom is -0.457 e. The molecule has 0 fully saturated rings. The van der Waals surface area contributed by atoms with Crippen molar-refractivity contribution in [3.8, 4) is 11.5 Å². The van der Waals surface area contributed by atoms with Crippen molar-refractivity contribution in [1.29, 1.82) is 0 Å². The van der Waals surface area contributed by atoms with Gasteiger partial charge >= 0.3 is 0 Å². The SMILES string of the molecule is CCCCn1c(Nc2c[nH]c3ccc(Br)nc23)nc2ccc(Oc3ccccc3)cc21. The van der Waals surface area contributed by atoms with Crippen molar-refractivity contribution >= 4 is 49.6 Å². The Morgan fingerprint density at radius 1 is 1.03 bits per heavy atom. The summed E-state index contributed by atoms with van der Waals surface area (Å²) in [7, 11) is 0. The number of aromatic nitrogens is 4. The third-order valence-electron chi connectivity index (χ3n) is 5.17. The van der Waals surface area contributed by atoms with Gasteiger partial charge in [0.25, 0.3) is 0 Å². The Morgan fingerprint density at radius 3 is 2.74 bits per heavy atom. The zero-order chi connectivity index (χ0) is 21.2. The molecule has 5 aromatic rings. The number of anilines is 2. The van der Waals surface area contributed by atoms with Crippen LogP contribution in [0, 0.1) is 0 Å². The molecule has 0 radical (unpaired) electrons. The van der Waals surface area contributed by atoms with E-state index < -0.39 is 0 Å². The highest BCUT2D eigenvalue weighted by Gasteiger charge is 2.14. The molecule has 6 nitrogen and oxygen atoms in total. The molecule has 2 N–H and O–H groups in total. The lowest BCUT2D eigenvalue weighted by atomic mass is 10.2. The fourth-order valence-corrected chi connectivity index (χ4v) is 3.93. The van der Waals surface area contributed by atoms with Crippen molar-refractivity contribution in [2.45, 2.75) is 26.3 Å². The zero-order valence-corrected chi connectivity index (χ0v) is 18.7. The van der Waals surface area contributed by atoms with E-state index in [9.17, 15) is 0 Å². The van der Waals surface area contributed by atoms with Gasteiger partial charge < -0.3 is 19.6 Å². The first-order valence-corrected chi connectivity index (χ1v) is 11.1. The molecule has 0 saturated heterocycles. The number of aromatic amines is 1. The Bertz CT molecular complexity index is 1340. The number of para-hydroxylation sites is 1. The molecule has 0 unspecified atom stereocenters. The van der Waals surface area contributed by atoms with Crippen LogP contribution in [0.15, 0.2) is 71.5 Å². The Hall–Kier alpha value is -3.32. The quantitative estimate of drug-likeness (QED) is 0.248. The number of ether oxygens (including phenoxy) is 1. The number of unbranched alkanes of at least 4 members (excludes halogenated alkanes) is 1. The predicted octanol–water partition coefficient (Wildman–Crippen LogP) is 7.01. The van der Waals surface area contributed by atoms with E-state index in [1.165, 1.54) is 0 Å². The lowest BCUT2D eigenvalue weighted by molar-refractivity contribution is 0.483. The number of pyridine rings is 1. The molecular formula is C24H22BrN5O. The van der Waals surface area contributed by atoms with Crippen molar-refractivity contribution in [3.05, 3.63) is 71.5 Å². The number of H-pyrrole nitrogens is 1. The van der Waals surface area contributed by atoms with Crippen LogP contribution in [0.1, 0.15) is 19.8 Å². The maximum Gasteiger partial charge on any atom is 0.208 e. The van der Waals surface area contributed by atoms with Gasteiger partial charge in [-0.2, -0.15) is 0 Å². The van der Waals surface area contributed by atoms with Crippen LogP contribution in [-0.2, 0) is 6.54 Å². The molecule has 0 bridgehead atoms. The van der Waals surface area contributed by atoms with Gasteiger partial charge in [-0.25, -0.2) is 9.97 Å². The molecule has 0 saturated carbocycles. The molecule has 3 aromatic heterocycles. The van der Waals surface area contributed by atoms with Gasteiger partial charge in [-0.15, -0.1) is 0 Å². The van der Waals surface area contributed by atoms with Crippen molar-refractivity contribution in [2.75, 3.05) is 5.32 Å². The first kappa shape index (κ1) is 19.6. The van der Waals surface area contributed by atoms with Gasteiger partial charge in [0.1, 0.15) is 21.6 Å². The summed E-state index contributed by atoms with van der Waals surface area (Å²) in [6.07, 6.45) is 4.08. The summed E-state index contributed by atoms with van der Waals surface area (Å²) < 4.78 is 9.06. The smallest absolute Gasteiger partial charge is 0.208 e. The highest BCUT2D eigenvalue weighted by molar-refractivity contribution is 9.10. The second kappa shape index (κ2) is 8.43. The van der Waals surface area contributed by atoms with E-state index in [-0.39, 0.29) is 0 Å². The summed E-state index contributed by atoms with van der Waals surface area (Å²) in [4.78, 5) is 12.7. The van der Waals surface area contributed by atoms with E-state index in [0.717, 1.165) is 69.2 Å². The molecule has 0 atom stereocenters. The fourth-order valence-electron chi connectivity index (χ4n) is 3.62. The summed E-state index contributed by atoms with van der Waals surface area (Å²) in [5.74, 6) is 2.40. The number of halogens is 1. The molecule has 0 aliphatic rings. The molecule has 0 aliphatic carbocycles. The monoisotopic (exact) mass is 475 g/mol. The van der Waals surface area contributed by atoms with Gasteiger partial charge in [0.15, 0.2) is 0 Å². The highest BCUT2D eigenvalue weighted by atomic mass is 79.9. The maximum absolute atomic E-state index is 6.05. The first-order valence-electron chi connectivity index (χ1n) is 10.3. The molecule has 0 spiro atoms. The highest BCUT2D eigenvalue weighted by Crippen LogP contribution is 2.31. The third kappa shape index (κ3) is 4.01. The predicted molar refractivity (Wildman–Crippen MR) is 128 cm³/mol. The number of nitrogens with zero attached hydrogens (tertiary/aromatic N) is 3. The number of benzene rings is 2. The minimum atomic E-state index is 0.792. The summed E-state index contributed by atoms with van der Waals surface area (Å²) in [5.41, 5.74) is 4.70. The number of hydrogen-bond donors (Lipinski definition) is 2. The molecule has 0 amide bonds. The summed E-state index contributed by atoms with van der Waals surface area (Å²) >= 11 is 3.46. The average molecular weight is 476 g/mol. The summed E-state index contributed by atoms with van der Waals surface area (Å²) in [6, 6.07) is 19.8. The van der Waals surface area contributed by atoms with Gasteiger partial charge in [0.05, 0.1) is 22.2 Å². The van der Waals surface area contributed by atoms with Gasteiger partial charge in [0.2, 0.25) is 5.95 Å². The Balaban J connectivity index is 1.54. The number of fused-ring (bicyclic) bond motifs is 2. The number of rotatable bonds is 7. The topological polar surface area (TPSA) is 67.8 Å². The summed E-state index contributed by atoms with van der Waals surface area (Å²) in [6.45, 7) is 3.06. The van der Waals surface area contributed by atoms with Crippen LogP contribution in [0.4, 0.5) is 11.6 Å². The fraction of sp³-hybridized carbons (Fsp3) is 0.167. The van der Waals surface area contributed by atoms with E-state index in [1.54, 1.807) is 0 Å². The Morgan fingerprint density at radius 2 is 1.90 bits per heavy atom. The Labute approximate surface area is 188 Å². The number of aryl methyl sites for hydroxylation is 1. The van der Waals surface area contributed by atoms with Crippen molar-refractivity contribution in [1.82, 2.24) is 19.5 Å². The first-order chi connectivity index (χ1) is 15.2. The van der Waals surface area contributed by atoms with Crippen LogP contribution in [-0.4, -0.2) is 19.5 Å². The van der Waals surface area contributed by atoms with Crippen molar-refractivity contribution < 1.29 is 4.74 Å². The van der Waals surface area contributed by atoms with Crippen LogP contribution < -0.4 is 10.1 Å². The summed E-state index contributed by atoms with van der Waals surface area (Å²) in [5, 5.41) is 3.49. The largest absolute Gasteiger partial charge is 0.457 e. The van der Waals surface area contributed by atoms with E-state index in [0.29, 0.717) is 0 Å². The Kier molecular flexibility index (Phi) is 5.34. The standard InChI is InChI=1S/C24H22BrN5O/c1-2-3-13-30-21-14-17(31-16-7-5-4-6-8-16)9-10-18(21)27-24(30)28-20-15-26-19-11-12-22(25)29-23(19)20/h4-12,14-15,26H,2-3,13H2,1H3,(H,27,28). The minimum absolute atomic E-state index is 0.792. The zero-order valence-electron chi connectivity index (χ0n) is 17.1. The maximum atomic E-state index is 6.05. The second-order valence-corrected chi connectivity index (χ2v) is 8.18. The average Bonchev–Trinajstić information content (AvgIpc) is 3.33. The normalized spacial score (nSPS) is 11.3. The number of nitrogens with one attached hydrogen (secondary N) is 2. The molecule has 5 rings (SSSR count). The second-order valence-electron chi connectivity index (χ2n) is 7.36. The molecule has 3 heterocycles.